The monoisotopic (exact) mass is 436 g/mol. The van der Waals surface area contributed by atoms with Crippen LogP contribution in [0.25, 0.3) is 0 Å². The molecule has 0 bridgehead atoms. The van der Waals surface area contributed by atoms with Gasteiger partial charge in [-0.05, 0) is 61.6 Å². The molecule has 0 aromatic heterocycles. The first-order chi connectivity index (χ1) is 13.6. The van der Waals surface area contributed by atoms with E-state index in [0.29, 0.717) is 23.6 Å². The van der Waals surface area contributed by atoms with Crippen LogP contribution < -0.4 is 9.62 Å². The molecule has 2 aromatic carbocycles. The Labute approximate surface area is 179 Å². The Bertz CT molecular complexity index is 976. The van der Waals surface area contributed by atoms with Crippen molar-refractivity contribution in [3.8, 4) is 0 Å². The summed E-state index contributed by atoms with van der Waals surface area (Å²) < 4.78 is 26.3. The fourth-order valence-electron chi connectivity index (χ4n) is 3.34. The molecule has 0 aliphatic carbocycles. The number of halogens is 1. The molecule has 2 aromatic rings. The van der Waals surface area contributed by atoms with Gasteiger partial charge in [-0.25, -0.2) is 8.42 Å². The largest absolute Gasteiger partial charge is 0.347 e. The Morgan fingerprint density at radius 1 is 1.07 bits per heavy atom. The van der Waals surface area contributed by atoms with E-state index in [1.807, 2.05) is 32.9 Å². The number of nitrogens with zero attached hydrogens (tertiary/aromatic N) is 1. The highest BCUT2D eigenvalue weighted by Crippen LogP contribution is 2.26. The third kappa shape index (κ3) is 5.73. The number of hydrogen-bond acceptors (Lipinski definition) is 3. The number of benzene rings is 2. The molecule has 0 heterocycles. The van der Waals surface area contributed by atoms with Crippen molar-refractivity contribution in [1.29, 1.82) is 0 Å². The number of carbonyl (C=O) groups is 1. The Hall–Kier alpha value is -2.05. The minimum absolute atomic E-state index is 0.198. The molecule has 2 atom stereocenters. The van der Waals surface area contributed by atoms with E-state index in [2.05, 4.69) is 11.4 Å². The van der Waals surface area contributed by atoms with Crippen LogP contribution in [0.2, 0.25) is 5.02 Å². The van der Waals surface area contributed by atoms with Gasteiger partial charge in [0.2, 0.25) is 15.9 Å². The van der Waals surface area contributed by atoms with Gasteiger partial charge in [0.25, 0.3) is 0 Å². The number of rotatable bonds is 8. The lowest BCUT2D eigenvalue weighted by molar-refractivity contribution is -0.123. The normalized spacial score (nSPS) is 13.6. The zero-order valence-electron chi connectivity index (χ0n) is 17.6. The maximum Gasteiger partial charge on any atom is 0.244 e. The fourth-order valence-corrected chi connectivity index (χ4v) is 4.73. The van der Waals surface area contributed by atoms with Crippen molar-refractivity contribution in [2.75, 3.05) is 10.6 Å². The Balaban J connectivity index is 2.36. The van der Waals surface area contributed by atoms with Gasteiger partial charge in [-0.15, -0.1) is 0 Å². The number of carbonyl (C=O) groups excluding carboxylic acids is 1. The van der Waals surface area contributed by atoms with E-state index in [9.17, 15) is 13.2 Å². The highest BCUT2D eigenvalue weighted by atomic mass is 35.5. The summed E-state index contributed by atoms with van der Waals surface area (Å²) in [5.74, 6) is -0.331. The number of nitrogens with one attached hydrogen (secondary N) is 1. The third-order valence-corrected chi connectivity index (χ3v) is 6.47. The van der Waals surface area contributed by atoms with Gasteiger partial charge in [0.05, 0.1) is 18.0 Å². The summed E-state index contributed by atoms with van der Waals surface area (Å²) >= 11 is 6.06. The van der Waals surface area contributed by atoms with Crippen molar-refractivity contribution < 1.29 is 13.2 Å². The molecule has 7 heteroatoms. The number of sulfonamides is 1. The van der Waals surface area contributed by atoms with E-state index in [1.165, 1.54) is 5.56 Å². The standard InChI is InChI=1S/C22H29ClN2O3S/c1-6-20(17-12-11-15(3)16(4)13-17)24-22(26)21(7-2)25(29(5,27)28)19-10-8-9-18(23)14-19/h8-14,20-21H,6-7H2,1-5H3,(H,24,26). The third-order valence-electron chi connectivity index (χ3n) is 5.05. The van der Waals surface area contributed by atoms with E-state index in [0.717, 1.165) is 21.7 Å². The molecular weight excluding hydrogens is 408 g/mol. The highest BCUT2D eigenvalue weighted by molar-refractivity contribution is 7.92. The second kappa shape index (κ2) is 9.63. The Morgan fingerprint density at radius 2 is 1.76 bits per heavy atom. The topological polar surface area (TPSA) is 66.5 Å². The summed E-state index contributed by atoms with van der Waals surface area (Å²) in [6.07, 6.45) is 2.12. The van der Waals surface area contributed by atoms with E-state index in [1.54, 1.807) is 31.2 Å². The second-order valence-electron chi connectivity index (χ2n) is 7.28. The molecule has 0 spiro atoms. The van der Waals surface area contributed by atoms with Crippen molar-refractivity contribution in [3.05, 3.63) is 64.2 Å². The van der Waals surface area contributed by atoms with Crippen LogP contribution in [0, 0.1) is 13.8 Å². The highest BCUT2D eigenvalue weighted by Gasteiger charge is 2.32. The van der Waals surface area contributed by atoms with E-state index in [4.69, 9.17) is 11.6 Å². The van der Waals surface area contributed by atoms with Crippen molar-refractivity contribution in [3.63, 3.8) is 0 Å². The lowest BCUT2D eigenvalue weighted by Crippen LogP contribution is -2.50. The average molecular weight is 437 g/mol. The molecule has 0 fully saturated rings. The van der Waals surface area contributed by atoms with Crippen LogP contribution in [0.1, 0.15) is 49.4 Å². The maximum absolute atomic E-state index is 13.2. The summed E-state index contributed by atoms with van der Waals surface area (Å²) in [7, 11) is -3.70. The van der Waals surface area contributed by atoms with Gasteiger partial charge in [-0.3, -0.25) is 9.10 Å². The van der Waals surface area contributed by atoms with E-state index < -0.39 is 16.1 Å². The molecule has 0 aliphatic heterocycles. The molecule has 0 saturated carbocycles. The zero-order valence-corrected chi connectivity index (χ0v) is 19.1. The van der Waals surface area contributed by atoms with Gasteiger partial charge in [-0.2, -0.15) is 0 Å². The fraction of sp³-hybridized carbons (Fsp3) is 0.409. The van der Waals surface area contributed by atoms with Crippen LogP contribution in [0.15, 0.2) is 42.5 Å². The summed E-state index contributed by atoms with van der Waals surface area (Å²) in [6, 6.07) is 11.6. The van der Waals surface area contributed by atoms with Crippen LogP contribution in [-0.2, 0) is 14.8 Å². The molecule has 2 unspecified atom stereocenters. The predicted octanol–water partition coefficient (Wildman–Crippen LogP) is 4.77. The first kappa shape index (κ1) is 23.2. The van der Waals surface area contributed by atoms with Gasteiger partial charge in [-0.1, -0.05) is 49.7 Å². The molecule has 2 rings (SSSR count). The van der Waals surface area contributed by atoms with Gasteiger partial charge in [0.1, 0.15) is 6.04 Å². The summed E-state index contributed by atoms with van der Waals surface area (Å²) in [6.45, 7) is 7.86. The number of aryl methyl sites for hydroxylation is 2. The molecule has 158 valence electrons. The quantitative estimate of drug-likeness (QED) is 0.648. The van der Waals surface area contributed by atoms with Crippen LogP contribution in [0.3, 0.4) is 0 Å². The minimum atomic E-state index is -3.70. The van der Waals surface area contributed by atoms with Crippen molar-refractivity contribution in [2.45, 2.75) is 52.6 Å². The number of amides is 1. The van der Waals surface area contributed by atoms with Gasteiger partial charge in [0, 0.05) is 5.02 Å². The molecule has 0 saturated heterocycles. The van der Waals surface area contributed by atoms with E-state index in [-0.39, 0.29) is 11.9 Å². The average Bonchev–Trinajstić information content (AvgIpc) is 2.65. The van der Waals surface area contributed by atoms with Crippen LogP contribution in [0.4, 0.5) is 5.69 Å². The Kier molecular flexibility index (Phi) is 7.72. The molecule has 1 N–H and O–H groups in total. The van der Waals surface area contributed by atoms with Gasteiger partial charge >= 0.3 is 0 Å². The first-order valence-corrected chi connectivity index (χ1v) is 11.9. The maximum atomic E-state index is 13.2. The van der Waals surface area contributed by atoms with Crippen LogP contribution in [-0.4, -0.2) is 26.6 Å². The minimum Gasteiger partial charge on any atom is -0.347 e. The molecule has 29 heavy (non-hydrogen) atoms. The number of hydrogen-bond donors (Lipinski definition) is 1. The van der Waals surface area contributed by atoms with Crippen molar-refractivity contribution in [2.24, 2.45) is 0 Å². The lowest BCUT2D eigenvalue weighted by atomic mass is 9.99. The van der Waals surface area contributed by atoms with Crippen LogP contribution in [0.5, 0.6) is 0 Å². The van der Waals surface area contributed by atoms with E-state index >= 15 is 0 Å². The van der Waals surface area contributed by atoms with Gasteiger partial charge in [0.15, 0.2) is 0 Å². The molecule has 5 nitrogen and oxygen atoms in total. The van der Waals surface area contributed by atoms with Crippen LogP contribution >= 0.6 is 11.6 Å². The summed E-state index contributed by atoms with van der Waals surface area (Å²) in [4.78, 5) is 13.2. The lowest BCUT2D eigenvalue weighted by Gasteiger charge is -2.31. The summed E-state index contributed by atoms with van der Waals surface area (Å²) in [5.41, 5.74) is 3.72. The SMILES string of the molecule is CCC(NC(=O)C(CC)N(c1cccc(Cl)c1)S(C)(=O)=O)c1ccc(C)c(C)c1. The van der Waals surface area contributed by atoms with Crippen molar-refractivity contribution >= 4 is 33.2 Å². The second-order valence-corrected chi connectivity index (χ2v) is 9.57. The summed E-state index contributed by atoms with van der Waals surface area (Å²) in [5, 5.41) is 3.45. The number of anilines is 1. The molecule has 0 radical (unpaired) electrons. The first-order valence-electron chi connectivity index (χ1n) is 9.71. The Morgan fingerprint density at radius 3 is 2.28 bits per heavy atom. The smallest absolute Gasteiger partial charge is 0.244 e. The molecule has 0 aliphatic rings. The molecular formula is C22H29ClN2O3S. The predicted molar refractivity (Wildman–Crippen MR) is 120 cm³/mol. The van der Waals surface area contributed by atoms with Crippen molar-refractivity contribution in [1.82, 2.24) is 5.32 Å². The van der Waals surface area contributed by atoms with Gasteiger partial charge < -0.3 is 5.32 Å². The zero-order chi connectivity index (χ0) is 21.8. The molecule has 1 amide bonds.